The Balaban J connectivity index is 2.10. The smallest absolute Gasteiger partial charge is 0.379 e. The predicted molar refractivity (Wildman–Crippen MR) is 110 cm³/mol. The molecule has 2 N–H and O–H groups in total. The fourth-order valence-corrected chi connectivity index (χ4v) is 3.19. The van der Waals surface area contributed by atoms with Crippen LogP contribution in [0.25, 0.3) is 5.70 Å². The molecule has 0 spiro atoms. The van der Waals surface area contributed by atoms with Gasteiger partial charge in [0.05, 0.1) is 24.4 Å². The lowest BCUT2D eigenvalue weighted by molar-refractivity contribution is -0.150. The van der Waals surface area contributed by atoms with Gasteiger partial charge in [0.15, 0.2) is 11.7 Å². The van der Waals surface area contributed by atoms with Gasteiger partial charge in [-0.25, -0.2) is 4.79 Å². The molecule has 8 heteroatoms. The van der Waals surface area contributed by atoms with E-state index in [1.54, 1.807) is 24.3 Å². The number of thiocarbonyl (C=S) groups is 1. The van der Waals surface area contributed by atoms with Crippen molar-refractivity contribution in [1.29, 1.82) is 5.26 Å². The van der Waals surface area contributed by atoms with Crippen LogP contribution in [0.2, 0.25) is 0 Å². The van der Waals surface area contributed by atoms with Crippen LogP contribution >= 0.6 is 12.2 Å². The van der Waals surface area contributed by atoms with E-state index in [-0.39, 0.29) is 12.2 Å². The second-order valence-electron chi connectivity index (χ2n) is 6.02. The highest BCUT2D eigenvalue weighted by Crippen LogP contribution is 2.32. The van der Waals surface area contributed by atoms with E-state index in [2.05, 4.69) is 15.4 Å². The second kappa shape index (κ2) is 8.99. The van der Waals surface area contributed by atoms with Gasteiger partial charge in [-0.15, -0.1) is 0 Å². The Labute approximate surface area is 172 Å². The molecule has 2 aromatic rings. The number of nitrogens with one attached hydrogen (secondary N) is 2. The number of ketones is 1. The van der Waals surface area contributed by atoms with E-state index < -0.39 is 17.8 Å². The van der Waals surface area contributed by atoms with E-state index in [1.165, 1.54) is 0 Å². The zero-order valence-electron chi connectivity index (χ0n) is 15.5. The molecule has 1 aliphatic rings. The van der Waals surface area contributed by atoms with Crippen molar-refractivity contribution in [3.8, 4) is 11.8 Å². The molecule has 29 heavy (non-hydrogen) atoms. The molecule has 0 amide bonds. The van der Waals surface area contributed by atoms with Gasteiger partial charge in [-0.1, -0.05) is 42.5 Å². The fourth-order valence-electron chi connectivity index (χ4n) is 2.97. The van der Waals surface area contributed by atoms with Crippen molar-refractivity contribution in [2.75, 3.05) is 13.7 Å². The van der Waals surface area contributed by atoms with Gasteiger partial charge in [0.25, 0.3) is 5.78 Å². The Kier molecular flexibility index (Phi) is 6.22. The molecule has 0 aliphatic carbocycles. The summed E-state index contributed by atoms with van der Waals surface area (Å²) in [5, 5.41) is 15.0. The summed E-state index contributed by atoms with van der Waals surface area (Å²) < 4.78 is 9.93. The van der Waals surface area contributed by atoms with Gasteiger partial charge in [-0.3, -0.25) is 4.79 Å². The number of nitriles is 1. The molecule has 2 aromatic carbocycles. The molecule has 3 rings (SSSR count). The van der Waals surface area contributed by atoms with Crippen LogP contribution < -0.4 is 15.4 Å². The fraction of sp³-hybridized carbons (Fsp3) is 0.143. The Morgan fingerprint density at radius 3 is 2.45 bits per heavy atom. The van der Waals surface area contributed by atoms with Crippen molar-refractivity contribution in [1.82, 2.24) is 10.6 Å². The van der Waals surface area contributed by atoms with Gasteiger partial charge in [0.1, 0.15) is 11.8 Å². The Hall–Kier alpha value is -3.70. The summed E-state index contributed by atoms with van der Waals surface area (Å²) in [6.45, 7) is -0.0703. The predicted octanol–water partition coefficient (Wildman–Crippen LogP) is 2.26. The molecule has 7 nitrogen and oxygen atoms in total. The average molecular weight is 407 g/mol. The number of hydrogen-bond donors (Lipinski definition) is 2. The molecular formula is C21H17N3O4S. The zero-order chi connectivity index (χ0) is 20.8. The van der Waals surface area contributed by atoms with Crippen molar-refractivity contribution in [2.24, 2.45) is 0 Å². The number of nitrogens with zero attached hydrogens (tertiary/aromatic N) is 1. The monoisotopic (exact) mass is 407 g/mol. The van der Waals surface area contributed by atoms with Gasteiger partial charge in [0, 0.05) is 0 Å². The largest absolute Gasteiger partial charge is 0.479 e. The Morgan fingerprint density at radius 1 is 1.14 bits per heavy atom. The molecule has 0 fully saturated rings. The third-order valence-corrected chi connectivity index (χ3v) is 4.49. The highest BCUT2D eigenvalue weighted by Gasteiger charge is 2.35. The SMILES string of the molecule is COC(=O)C(=O)C1=C(c2ccccc2)NC(=S)N[C@@H]1c1ccc(OCC#N)cc1. The van der Waals surface area contributed by atoms with Crippen LogP contribution in [0.1, 0.15) is 17.2 Å². The van der Waals surface area contributed by atoms with Crippen LogP contribution in [0.4, 0.5) is 0 Å². The van der Waals surface area contributed by atoms with E-state index in [1.807, 2.05) is 36.4 Å². The first-order valence-electron chi connectivity index (χ1n) is 8.64. The quantitative estimate of drug-likeness (QED) is 0.427. The lowest BCUT2D eigenvalue weighted by Crippen LogP contribution is -2.46. The standard InChI is InChI=1S/C21H17N3O4S/c1-27-20(26)19(25)16-17(13-5-3-2-4-6-13)23-21(29)24-18(16)14-7-9-15(10-8-14)28-12-11-22/h2-10,18H,12H2,1H3,(H2,23,24,29)/t18-/m1/s1. The van der Waals surface area contributed by atoms with E-state index in [4.69, 9.17) is 22.2 Å². The van der Waals surface area contributed by atoms with Gasteiger partial charge in [0.2, 0.25) is 0 Å². The summed E-state index contributed by atoms with van der Waals surface area (Å²) in [5.74, 6) is -1.23. The Bertz CT molecular complexity index is 1010. The number of methoxy groups -OCH3 is 1. The summed E-state index contributed by atoms with van der Waals surface area (Å²) in [4.78, 5) is 25.0. The molecule has 1 aliphatic heterocycles. The van der Waals surface area contributed by atoms with E-state index in [0.717, 1.165) is 7.11 Å². The summed E-state index contributed by atoms with van der Waals surface area (Å²) in [6.07, 6.45) is 0. The number of ether oxygens (including phenoxy) is 2. The van der Waals surface area contributed by atoms with E-state index in [0.29, 0.717) is 27.7 Å². The van der Waals surface area contributed by atoms with Crippen LogP contribution in [0.5, 0.6) is 5.75 Å². The van der Waals surface area contributed by atoms with E-state index >= 15 is 0 Å². The summed E-state index contributed by atoms with van der Waals surface area (Å²) in [6, 6.07) is 17.2. The van der Waals surface area contributed by atoms with Crippen LogP contribution in [0, 0.1) is 11.3 Å². The minimum Gasteiger partial charge on any atom is -0.479 e. The zero-order valence-corrected chi connectivity index (χ0v) is 16.3. The summed E-state index contributed by atoms with van der Waals surface area (Å²) >= 11 is 5.33. The second-order valence-corrected chi connectivity index (χ2v) is 6.43. The van der Waals surface area contributed by atoms with Crippen molar-refractivity contribution >= 4 is 34.8 Å². The first kappa shape index (κ1) is 20.0. The molecule has 0 saturated heterocycles. The van der Waals surface area contributed by atoms with Crippen molar-refractivity contribution in [3.05, 3.63) is 71.3 Å². The van der Waals surface area contributed by atoms with E-state index in [9.17, 15) is 9.59 Å². The van der Waals surface area contributed by atoms with Crippen LogP contribution in [-0.4, -0.2) is 30.6 Å². The number of hydrogen-bond acceptors (Lipinski definition) is 6. The normalized spacial score (nSPS) is 15.6. The molecular weight excluding hydrogens is 390 g/mol. The van der Waals surface area contributed by atoms with Crippen LogP contribution in [0.3, 0.4) is 0 Å². The number of Topliss-reactive ketones (excluding diaryl/α,β-unsaturated/α-hetero) is 1. The maximum atomic E-state index is 12.9. The molecule has 0 bridgehead atoms. The van der Waals surface area contributed by atoms with Gasteiger partial charge >= 0.3 is 5.97 Å². The third kappa shape index (κ3) is 4.42. The molecule has 0 aromatic heterocycles. The molecule has 146 valence electrons. The topological polar surface area (TPSA) is 100 Å². The highest BCUT2D eigenvalue weighted by atomic mass is 32.1. The van der Waals surface area contributed by atoms with Gasteiger partial charge in [-0.2, -0.15) is 5.26 Å². The summed E-state index contributed by atoms with van der Waals surface area (Å²) in [5.41, 5.74) is 2.04. The maximum Gasteiger partial charge on any atom is 0.379 e. The minimum absolute atomic E-state index is 0.0703. The van der Waals surface area contributed by atoms with Crippen LogP contribution in [-0.2, 0) is 14.3 Å². The van der Waals surface area contributed by atoms with Crippen molar-refractivity contribution in [3.63, 3.8) is 0 Å². The lowest BCUT2D eigenvalue weighted by Gasteiger charge is -2.31. The highest BCUT2D eigenvalue weighted by molar-refractivity contribution is 7.80. The molecule has 0 unspecified atom stereocenters. The molecule has 1 heterocycles. The van der Waals surface area contributed by atoms with Gasteiger partial charge in [-0.05, 0) is 35.5 Å². The number of carbonyl (C=O) groups is 2. The lowest BCUT2D eigenvalue weighted by atomic mass is 9.90. The van der Waals surface area contributed by atoms with Crippen LogP contribution in [0.15, 0.2) is 60.2 Å². The first-order chi connectivity index (χ1) is 14.0. The molecule has 0 saturated carbocycles. The number of rotatable bonds is 6. The maximum absolute atomic E-state index is 12.9. The first-order valence-corrected chi connectivity index (χ1v) is 9.05. The number of esters is 1. The number of carbonyl (C=O) groups excluding carboxylic acids is 2. The summed E-state index contributed by atoms with van der Waals surface area (Å²) in [7, 11) is 1.16. The molecule has 1 atom stereocenters. The Morgan fingerprint density at radius 2 is 1.83 bits per heavy atom. The number of benzene rings is 2. The third-order valence-electron chi connectivity index (χ3n) is 4.27. The van der Waals surface area contributed by atoms with Gasteiger partial charge < -0.3 is 20.1 Å². The van der Waals surface area contributed by atoms with Crippen molar-refractivity contribution in [2.45, 2.75) is 6.04 Å². The van der Waals surface area contributed by atoms with Crippen molar-refractivity contribution < 1.29 is 19.1 Å². The average Bonchev–Trinajstić information content (AvgIpc) is 2.77. The molecule has 0 radical (unpaired) electrons. The minimum atomic E-state index is -0.969.